The average Bonchev–Trinajstić information content (AvgIpc) is 3.26. The van der Waals surface area contributed by atoms with Crippen molar-refractivity contribution in [2.45, 2.75) is 51.0 Å². The molecule has 134 valence electrons. The molecule has 0 aliphatic carbocycles. The van der Waals surface area contributed by atoms with E-state index < -0.39 is 0 Å². The number of ether oxygens (including phenoxy) is 2. The topological polar surface area (TPSA) is 47.7 Å². The Bertz CT molecular complexity index is 678. The van der Waals surface area contributed by atoms with Gasteiger partial charge in [0.1, 0.15) is 0 Å². The van der Waals surface area contributed by atoms with E-state index in [4.69, 9.17) is 13.9 Å². The molecule has 1 spiro atoms. The van der Waals surface area contributed by atoms with Gasteiger partial charge < -0.3 is 13.9 Å². The lowest BCUT2D eigenvalue weighted by molar-refractivity contribution is -0.0468. The fraction of sp³-hybridized carbons (Fsp3) is 0.550. The Labute approximate surface area is 148 Å². The fourth-order valence-electron chi connectivity index (χ4n) is 3.90. The number of aromatic nitrogens is 1. The second kappa shape index (κ2) is 7.28. The van der Waals surface area contributed by atoms with Crippen molar-refractivity contribution < 1.29 is 13.9 Å². The molecule has 0 saturated carbocycles. The van der Waals surface area contributed by atoms with Gasteiger partial charge in [-0.1, -0.05) is 6.07 Å². The molecule has 0 aromatic carbocycles. The van der Waals surface area contributed by atoms with Gasteiger partial charge in [-0.25, -0.2) is 0 Å². The molecule has 2 aliphatic rings. The molecule has 0 amide bonds. The van der Waals surface area contributed by atoms with Gasteiger partial charge in [-0.2, -0.15) is 0 Å². The molecule has 2 aliphatic heterocycles. The molecule has 4 rings (SSSR count). The smallest absolute Gasteiger partial charge is 0.0947 e. The van der Waals surface area contributed by atoms with Gasteiger partial charge >= 0.3 is 0 Å². The van der Waals surface area contributed by atoms with Crippen LogP contribution in [0.1, 0.15) is 36.2 Å². The summed E-state index contributed by atoms with van der Waals surface area (Å²) >= 11 is 0. The highest BCUT2D eigenvalue weighted by molar-refractivity contribution is 5.09. The molecule has 25 heavy (non-hydrogen) atoms. The lowest BCUT2D eigenvalue weighted by Gasteiger charge is -2.38. The van der Waals surface area contributed by atoms with Gasteiger partial charge in [0.15, 0.2) is 0 Å². The Morgan fingerprint density at radius 3 is 2.92 bits per heavy atom. The SMILES string of the molecule is Cc1cccc(CO[C@H]2COC3(CCN(Cc4ccoc4)CC3)C2)n1. The van der Waals surface area contributed by atoms with Crippen molar-refractivity contribution >= 4 is 0 Å². The maximum absolute atomic E-state index is 6.20. The van der Waals surface area contributed by atoms with Crippen molar-refractivity contribution in [3.8, 4) is 0 Å². The summed E-state index contributed by atoms with van der Waals surface area (Å²) in [6.07, 6.45) is 6.91. The second-order valence-corrected chi connectivity index (χ2v) is 7.31. The summed E-state index contributed by atoms with van der Waals surface area (Å²) in [4.78, 5) is 6.98. The zero-order chi connectivity index (χ0) is 17.1. The summed E-state index contributed by atoms with van der Waals surface area (Å²) in [7, 11) is 0. The van der Waals surface area contributed by atoms with E-state index in [1.165, 1.54) is 5.56 Å². The summed E-state index contributed by atoms with van der Waals surface area (Å²) < 4.78 is 17.4. The number of piperidine rings is 1. The predicted molar refractivity (Wildman–Crippen MR) is 94.1 cm³/mol. The highest BCUT2D eigenvalue weighted by atomic mass is 16.6. The van der Waals surface area contributed by atoms with E-state index in [1.807, 2.05) is 37.5 Å². The van der Waals surface area contributed by atoms with E-state index in [9.17, 15) is 0 Å². The Kier molecular flexibility index (Phi) is 4.88. The molecule has 5 nitrogen and oxygen atoms in total. The van der Waals surface area contributed by atoms with E-state index in [0.717, 1.165) is 50.3 Å². The van der Waals surface area contributed by atoms with Gasteiger partial charge in [-0.15, -0.1) is 0 Å². The van der Waals surface area contributed by atoms with Gasteiger partial charge in [0.2, 0.25) is 0 Å². The minimum absolute atomic E-state index is 0.0115. The number of rotatable bonds is 5. The monoisotopic (exact) mass is 342 g/mol. The van der Waals surface area contributed by atoms with Gasteiger partial charge in [-0.05, 0) is 38.0 Å². The van der Waals surface area contributed by atoms with E-state index in [2.05, 4.69) is 9.88 Å². The summed E-state index contributed by atoms with van der Waals surface area (Å²) in [5.74, 6) is 0. The third-order valence-corrected chi connectivity index (χ3v) is 5.34. The molecular weight excluding hydrogens is 316 g/mol. The van der Waals surface area contributed by atoms with Crippen molar-refractivity contribution in [2.24, 2.45) is 0 Å². The lowest BCUT2D eigenvalue weighted by Crippen LogP contribution is -2.43. The Morgan fingerprint density at radius 2 is 2.16 bits per heavy atom. The maximum Gasteiger partial charge on any atom is 0.0947 e. The van der Waals surface area contributed by atoms with Gasteiger partial charge in [0.05, 0.1) is 43.1 Å². The summed E-state index contributed by atoms with van der Waals surface area (Å²) in [5.41, 5.74) is 3.29. The molecule has 2 fully saturated rings. The first-order valence-corrected chi connectivity index (χ1v) is 9.12. The van der Waals surface area contributed by atoms with Gasteiger partial charge in [0.25, 0.3) is 0 Å². The minimum Gasteiger partial charge on any atom is -0.472 e. The van der Waals surface area contributed by atoms with Crippen molar-refractivity contribution in [2.75, 3.05) is 19.7 Å². The van der Waals surface area contributed by atoms with Crippen LogP contribution in [0.3, 0.4) is 0 Å². The minimum atomic E-state index is 0.0115. The zero-order valence-corrected chi connectivity index (χ0v) is 14.8. The second-order valence-electron chi connectivity index (χ2n) is 7.31. The fourth-order valence-corrected chi connectivity index (χ4v) is 3.90. The Hall–Kier alpha value is -1.69. The molecule has 0 bridgehead atoms. The number of aryl methyl sites for hydroxylation is 1. The molecule has 5 heteroatoms. The standard InChI is InChI=1S/C20H26N2O3/c1-16-3-2-4-18(21-16)14-24-19-11-20(25-15-19)6-8-22(9-7-20)12-17-5-10-23-13-17/h2-5,10,13,19H,6-9,11-12,14-15H2,1H3/t19-/m1/s1. The van der Waals surface area contributed by atoms with Crippen LogP contribution in [0.15, 0.2) is 41.2 Å². The van der Waals surface area contributed by atoms with Crippen molar-refractivity contribution in [3.05, 3.63) is 53.7 Å². The number of nitrogens with zero attached hydrogens (tertiary/aromatic N) is 2. The first-order chi connectivity index (χ1) is 12.2. The zero-order valence-electron chi connectivity index (χ0n) is 14.8. The molecular formula is C20H26N2O3. The number of likely N-dealkylation sites (tertiary alicyclic amines) is 1. The molecule has 1 atom stereocenters. The van der Waals surface area contributed by atoms with E-state index in [-0.39, 0.29) is 11.7 Å². The third kappa shape index (κ3) is 4.11. The quantitative estimate of drug-likeness (QED) is 0.834. The van der Waals surface area contributed by atoms with Crippen LogP contribution in [-0.4, -0.2) is 41.3 Å². The normalized spacial score (nSPS) is 23.3. The predicted octanol–water partition coefficient (Wildman–Crippen LogP) is 3.32. The van der Waals surface area contributed by atoms with Crippen LogP contribution in [0.5, 0.6) is 0 Å². The van der Waals surface area contributed by atoms with Crippen LogP contribution >= 0.6 is 0 Å². The van der Waals surface area contributed by atoms with Crippen molar-refractivity contribution in [1.82, 2.24) is 9.88 Å². The maximum atomic E-state index is 6.20. The number of hydrogen-bond acceptors (Lipinski definition) is 5. The molecule has 2 aromatic rings. The van der Waals surface area contributed by atoms with E-state index in [1.54, 1.807) is 6.26 Å². The van der Waals surface area contributed by atoms with Crippen LogP contribution in [0.25, 0.3) is 0 Å². The average molecular weight is 342 g/mol. The molecule has 2 aromatic heterocycles. The van der Waals surface area contributed by atoms with Crippen LogP contribution in [-0.2, 0) is 22.6 Å². The first-order valence-electron chi connectivity index (χ1n) is 9.12. The highest BCUT2D eigenvalue weighted by Crippen LogP contribution is 2.37. The highest BCUT2D eigenvalue weighted by Gasteiger charge is 2.43. The van der Waals surface area contributed by atoms with Crippen molar-refractivity contribution in [3.63, 3.8) is 0 Å². The molecule has 2 saturated heterocycles. The summed E-state index contributed by atoms with van der Waals surface area (Å²) in [5, 5.41) is 0. The molecule has 4 heterocycles. The Balaban J connectivity index is 1.25. The van der Waals surface area contributed by atoms with Crippen LogP contribution in [0.4, 0.5) is 0 Å². The van der Waals surface area contributed by atoms with Crippen LogP contribution in [0.2, 0.25) is 0 Å². The molecule has 0 radical (unpaired) electrons. The summed E-state index contributed by atoms with van der Waals surface area (Å²) in [6, 6.07) is 8.10. The largest absolute Gasteiger partial charge is 0.472 e. The third-order valence-electron chi connectivity index (χ3n) is 5.34. The number of pyridine rings is 1. The van der Waals surface area contributed by atoms with Gasteiger partial charge in [-0.3, -0.25) is 9.88 Å². The van der Waals surface area contributed by atoms with E-state index in [0.29, 0.717) is 13.2 Å². The first kappa shape index (κ1) is 16.8. The van der Waals surface area contributed by atoms with Crippen molar-refractivity contribution in [1.29, 1.82) is 0 Å². The van der Waals surface area contributed by atoms with E-state index >= 15 is 0 Å². The molecule has 0 N–H and O–H groups in total. The van der Waals surface area contributed by atoms with Crippen LogP contribution in [0, 0.1) is 6.92 Å². The number of hydrogen-bond donors (Lipinski definition) is 0. The lowest BCUT2D eigenvalue weighted by atomic mass is 9.88. The Morgan fingerprint density at radius 1 is 1.28 bits per heavy atom. The molecule has 0 unspecified atom stereocenters. The van der Waals surface area contributed by atoms with Gasteiger partial charge in [0, 0.05) is 37.3 Å². The summed E-state index contributed by atoms with van der Waals surface area (Å²) in [6.45, 7) is 6.38. The van der Waals surface area contributed by atoms with Crippen LogP contribution < -0.4 is 0 Å². The number of furan rings is 1.